The quantitative estimate of drug-likeness (QED) is 0.775. The molecule has 17 heavy (non-hydrogen) atoms. The van der Waals surface area contributed by atoms with E-state index in [1.54, 1.807) is 0 Å². The summed E-state index contributed by atoms with van der Waals surface area (Å²) in [6.07, 6.45) is -1.51. The van der Waals surface area contributed by atoms with Crippen LogP contribution in [0.5, 0.6) is 0 Å². The van der Waals surface area contributed by atoms with Crippen LogP contribution in [-0.4, -0.2) is 18.8 Å². The molecule has 1 aliphatic carbocycles. The maximum atomic E-state index is 11.9. The number of nitrogens with one attached hydrogen (secondary N) is 1. The molecule has 1 saturated carbocycles. The standard InChI is InChI=1S/C12H22F3NO/c1-10(2)5-9(6-11(3,4)7-10)16-17-8-12(13,14)15/h9,16H,5-8H2,1-4H3. The van der Waals surface area contributed by atoms with Crippen LogP contribution in [0.15, 0.2) is 0 Å². The lowest BCUT2D eigenvalue weighted by Gasteiger charge is -2.44. The van der Waals surface area contributed by atoms with Gasteiger partial charge in [0.15, 0.2) is 6.61 Å². The Bertz CT molecular complexity index is 245. The topological polar surface area (TPSA) is 21.3 Å². The van der Waals surface area contributed by atoms with Crippen LogP contribution >= 0.6 is 0 Å². The zero-order valence-corrected chi connectivity index (χ0v) is 10.9. The van der Waals surface area contributed by atoms with Gasteiger partial charge >= 0.3 is 6.18 Å². The van der Waals surface area contributed by atoms with Crippen LogP contribution in [0.4, 0.5) is 13.2 Å². The highest BCUT2D eigenvalue weighted by Gasteiger charge is 2.39. The van der Waals surface area contributed by atoms with E-state index in [2.05, 4.69) is 38.0 Å². The summed E-state index contributed by atoms with van der Waals surface area (Å²) in [6.45, 7) is 7.35. The van der Waals surface area contributed by atoms with Crippen molar-refractivity contribution in [3.63, 3.8) is 0 Å². The second kappa shape index (κ2) is 4.76. The van der Waals surface area contributed by atoms with Crippen LogP contribution in [0, 0.1) is 10.8 Å². The van der Waals surface area contributed by atoms with E-state index >= 15 is 0 Å². The highest BCUT2D eigenvalue weighted by atomic mass is 19.4. The van der Waals surface area contributed by atoms with Gasteiger partial charge in [0, 0.05) is 6.04 Å². The molecule has 0 aromatic carbocycles. The summed E-state index contributed by atoms with van der Waals surface area (Å²) >= 11 is 0. The number of hydrogen-bond donors (Lipinski definition) is 1. The van der Waals surface area contributed by atoms with E-state index in [1.165, 1.54) is 0 Å². The monoisotopic (exact) mass is 253 g/mol. The minimum absolute atomic E-state index is 0.00361. The molecule has 0 bridgehead atoms. The van der Waals surface area contributed by atoms with Crippen LogP contribution in [0.2, 0.25) is 0 Å². The molecule has 1 rings (SSSR count). The van der Waals surface area contributed by atoms with Gasteiger partial charge in [-0.05, 0) is 30.1 Å². The van der Waals surface area contributed by atoms with Gasteiger partial charge in [-0.3, -0.25) is 4.84 Å². The fraction of sp³-hybridized carbons (Fsp3) is 1.00. The number of alkyl halides is 3. The first-order valence-corrected chi connectivity index (χ1v) is 5.93. The van der Waals surface area contributed by atoms with Crippen molar-refractivity contribution in [3.05, 3.63) is 0 Å². The average molecular weight is 253 g/mol. The summed E-state index contributed by atoms with van der Waals surface area (Å²) in [7, 11) is 0. The van der Waals surface area contributed by atoms with E-state index in [0.29, 0.717) is 0 Å². The van der Waals surface area contributed by atoms with Crippen LogP contribution in [0.3, 0.4) is 0 Å². The fourth-order valence-corrected chi connectivity index (χ4v) is 3.17. The summed E-state index contributed by atoms with van der Waals surface area (Å²) < 4.78 is 35.8. The maximum Gasteiger partial charge on any atom is 0.413 e. The molecular weight excluding hydrogens is 231 g/mol. The summed E-state index contributed by atoms with van der Waals surface area (Å²) in [5.74, 6) is 0. The molecule has 1 N–H and O–H groups in total. The van der Waals surface area contributed by atoms with Crippen LogP contribution in [0.1, 0.15) is 47.0 Å². The van der Waals surface area contributed by atoms with E-state index in [4.69, 9.17) is 0 Å². The highest BCUT2D eigenvalue weighted by Crippen LogP contribution is 2.45. The largest absolute Gasteiger partial charge is 0.413 e. The Hall–Kier alpha value is -0.290. The van der Waals surface area contributed by atoms with Gasteiger partial charge in [0.05, 0.1) is 0 Å². The van der Waals surface area contributed by atoms with Gasteiger partial charge in [0.2, 0.25) is 0 Å². The van der Waals surface area contributed by atoms with Crippen molar-refractivity contribution in [3.8, 4) is 0 Å². The molecule has 0 unspecified atom stereocenters. The molecule has 0 aliphatic heterocycles. The molecule has 102 valence electrons. The van der Waals surface area contributed by atoms with Crippen molar-refractivity contribution in [1.29, 1.82) is 0 Å². The lowest BCUT2D eigenvalue weighted by molar-refractivity contribution is -0.196. The Morgan fingerprint density at radius 2 is 1.59 bits per heavy atom. The summed E-state index contributed by atoms with van der Waals surface area (Å²) in [4.78, 5) is 4.55. The second-order valence-electron chi connectivity index (χ2n) is 6.63. The van der Waals surface area contributed by atoms with E-state index in [1.807, 2.05) is 0 Å². The first kappa shape index (κ1) is 14.8. The highest BCUT2D eigenvalue weighted by molar-refractivity contribution is 4.91. The van der Waals surface area contributed by atoms with Gasteiger partial charge in [0.1, 0.15) is 0 Å². The van der Waals surface area contributed by atoms with Crippen molar-refractivity contribution in [2.75, 3.05) is 6.61 Å². The lowest BCUT2D eigenvalue weighted by atomic mass is 9.64. The Balaban J connectivity index is 2.43. The summed E-state index contributed by atoms with van der Waals surface area (Å²) in [5, 5.41) is 0. The normalized spacial score (nSPS) is 24.9. The SMILES string of the molecule is CC1(C)CC(NOCC(F)(F)F)CC(C)(C)C1. The first-order valence-electron chi connectivity index (χ1n) is 5.93. The van der Waals surface area contributed by atoms with E-state index < -0.39 is 12.8 Å². The molecule has 0 aromatic rings. The van der Waals surface area contributed by atoms with Crippen LogP contribution in [-0.2, 0) is 4.84 Å². The van der Waals surface area contributed by atoms with Gasteiger partial charge in [0.25, 0.3) is 0 Å². The fourth-order valence-electron chi connectivity index (χ4n) is 3.17. The minimum atomic E-state index is -4.27. The van der Waals surface area contributed by atoms with Gasteiger partial charge < -0.3 is 0 Å². The smallest absolute Gasteiger partial charge is 0.292 e. The van der Waals surface area contributed by atoms with Gasteiger partial charge in [-0.25, -0.2) is 0 Å². The Morgan fingerprint density at radius 1 is 1.12 bits per heavy atom. The number of hydrogen-bond acceptors (Lipinski definition) is 2. The van der Waals surface area contributed by atoms with Gasteiger partial charge in [-0.2, -0.15) is 18.7 Å². The maximum absolute atomic E-state index is 11.9. The average Bonchev–Trinajstić information content (AvgIpc) is 1.93. The predicted octanol–water partition coefficient (Wildman–Crippen LogP) is 3.67. The third-order valence-corrected chi connectivity index (χ3v) is 3.04. The Morgan fingerprint density at radius 3 is 2.00 bits per heavy atom. The molecule has 0 heterocycles. The van der Waals surface area contributed by atoms with Crippen LogP contribution in [0.25, 0.3) is 0 Å². The number of rotatable bonds is 3. The third kappa shape index (κ3) is 5.73. The second-order valence-corrected chi connectivity index (χ2v) is 6.63. The molecule has 1 fully saturated rings. The molecule has 2 nitrogen and oxygen atoms in total. The first-order chi connectivity index (χ1) is 7.49. The van der Waals surface area contributed by atoms with Crippen LogP contribution < -0.4 is 5.48 Å². The Labute approximate surface area is 101 Å². The number of halogens is 3. The molecule has 5 heteroatoms. The Kier molecular flexibility index (Phi) is 4.14. The molecule has 1 aliphatic rings. The number of hydroxylamine groups is 1. The summed E-state index contributed by atoms with van der Waals surface area (Å²) in [5.41, 5.74) is 2.85. The van der Waals surface area contributed by atoms with Crippen molar-refractivity contribution in [2.45, 2.75) is 59.2 Å². The van der Waals surface area contributed by atoms with E-state index in [0.717, 1.165) is 19.3 Å². The molecule has 0 atom stereocenters. The zero-order chi connectivity index (χ0) is 13.3. The van der Waals surface area contributed by atoms with Crippen molar-refractivity contribution < 1.29 is 18.0 Å². The van der Waals surface area contributed by atoms with E-state index in [-0.39, 0.29) is 16.9 Å². The van der Waals surface area contributed by atoms with E-state index in [9.17, 15) is 13.2 Å². The van der Waals surface area contributed by atoms with Crippen molar-refractivity contribution in [2.24, 2.45) is 10.8 Å². The molecule has 0 radical (unpaired) electrons. The predicted molar refractivity (Wildman–Crippen MR) is 60.3 cm³/mol. The van der Waals surface area contributed by atoms with Crippen molar-refractivity contribution >= 4 is 0 Å². The van der Waals surface area contributed by atoms with Crippen molar-refractivity contribution in [1.82, 2.24) is 5.48 Å². The molecule has 0 aromatic heterocycles. The molecule has 0 saturated heterocycles. The lowest BCUT2D eigenvalue weighted by Crippen LogP contribution is -2.44. The molecular formula is C12H22F3NO. The minimum Gasteiger partial charge on any atom is -0.292 e. The molecule has 0 spiro atoms. The van der Waals surface area contributed by atoms with Gasteiger partial charge in [-0.15, -0.1) is 0 Å². The summed E-state index contributed by atoms with van der Waals surface area (Å²) in [6, 6.07) is -0.00361. The molecule has 0 amide bonds. The third-order valence-electron chi connectivity index (χ3n) is 3.04. The van der Waals surface area contributed by atoms with Gasteiger partial charge in [-0.1, -0.05) is 27.7 Å². The zero-order valence-electron chi connectivity index (χ0n) is 10.9.